The van der Waals surface area contributed by atoms with Crippen molar-refractivity contribution in [3.63, 3.8) is 0 Å². The molecule has 1 aromatic rings. The molecule has 100 valence electrons. The fourth-order valence-corrected chi connectivity index (χ4v) is 2.02. The molecule has 0 radical (unpaired) electrons. The molecule has 0 saturated heterocycles. The number of nitrogens with two attached hydrogens (primary N) is 1. The van der Waals surface area contributed by atoms with Crippen LogP contribution in [0.3, 0.4) is 0 Å². The molecule has 1 aromatic carbocycles. The van der Waals surface area contributed by atoms with E-state index in [2.05, 4.69) is 0 Å². The average molecular weight is 249 g/mol. The van der Waals surface area contributed by atoms with Crippen LogP contribution in [0.1, 0.15) is 19.4 Å². The Kier molecular flexibility index (Phi) is 5.01. The van der Waals surface area contributed by atoms with Gasteiger partial charge in [0.15, 0.2) is 0 Å². The third kappa shape index (κ3) is 3.15. The van der Waals surface area contributed by atoms with Crippen LogP contribution in [0.2, 0.25) is 0 Å². The number of rotatable bonds is 5. The highest BCUT2D eigenvalue weighted by atomic mass is 16.2. The Hall–Kier alpha value is -1.71. The number of carbonyl (C=O) groups excluding carboxylic acids is 1. The molecule has 1 rings (SSSR count). The first kappa shape index (κ1) is 14.4. The minimum atomic E-state index is 0.143. The molecule has 0 fully saturated rings. The minimum absolute atomic E-state index is 0.143. The Morgan fingerprint density at radius 2 is 1.89 bits per heavy atom. The van der Waals surface area contributed by atoms with E-state index in [0.717, 1.165) is 30.0 Å². The van der Waals surface area contributed by atoms with Crippen molar-refractivity contribution in [2.45, 2.75) is 20.8 Å². The molecule has 0 aliphatic heterocycles. The summed E-state index contributed by atoms with van der Waals surface area (Å²) in [7, 11) is 1.92. The first-order valence-corrected chi connectivity index (χ1v) is 6.35. The summed E-state index contributed by atoms with van der Waals surface area (Å²) in [5.74, 6) is 0.143. The van der Waals surface area contributed by atoms with E-state index in [4.69, 9.17) is 5.73 Å². The summed E-state index contributed by atoms with van der Waals surface area (Å²) in [4.78, 5) is 15.8. The van der Waals surface area contributed by atoms with Crippen molar-refractivity contribution in [2.24, 2.45) is 0 Å². The number of likely N-dealkylation sites (N-methyl/N-ethyl adjacent to an activating group) is 2. The summed E-state index contributed by atoms with van der Waals surface area (Å²) < 4.78 is 0. The molecule has 0 spiro atoms. The molecule has 4 nitrogen and oxygen atoms in total. The van der Waals surface area contributed by atoms with Gasteiger partial charge in [-0.2, -0.15) is 0 Å². The van der Waals surface area contributed by atoms with Crippen LogP contribution in [0.25, 0.3) is 0 Å². The predicted octanol–water partition coefficient (Wildman–Crippen LogP) is 1.88. The van der Waals surface area contributed by atoms with Gasteiger partial charge in [0.25, 0.3) is 0 Å². The second-order valence-electron chi connectivity index (χ2n) is 4.41. The van der Waals surface area contributed by atoms with Gasteiger partial charge in [-0.05, 0) is 38.5 Å². The van der Waals surface area contributed by atoms with Crippen molar-refractivity contribution in [3.8, 4) is 0 Å². The van der Waals surface area contributed by atoms with Crippen molar-refractivity contribution in [1.82, 2.24) is 4.90 Å². The zero-order chi connectivity index (χ0) is 13.7. The standard InChI is InChI=1S/C14H23N3O/c1-5-17(6-2)14(18)10-16(4)13-9-7-8-12(15)11(13)3/h7-9H,5-6,10,15H2,1-4H3. The Bertz CT molecular complexity index is 414. The summed E-state index contributed by atoms with van der Waals surface area (Å²) in [6.07, 6.45) is 0. The summed E-state index contributed by atoms with van der Waals surface area (Å²) >= 11 is 0. The van der Waals surface area contributed by atoms with Gasteiger partial charge < -0.3 is 15.5 Å². The summed E-state index contributed by atoms with van der Waals surface area (Å²) in [5, 5.41) is 0. The smallest absolute Gasteiger partial charge is 0.242 e. The lowest BCUT2D eigenvalue weighted by molar-refractivity contribution is -0.129. The minimum Gasteiger partial charge on any atom is -0.398 e. The van der Waals surface area contributed by atoms with Crippen LogP contribution in [0, 0.1) is 6.92 Å². The second-order valence-corrected chi connectivity index (χ2v) is 4.41. The van der Waals surface area contributed by atoms with Gasteiger partial charge in [-0.3, -0.25) is 4.79 Å². The van der Waals surface area contributed by atoms with E-state index in [9.17, 15) is 4.79 Å². The van der Waals surface area contributed by atoms with Gasteiger partial charge in [0.05, 0.1) is 6.54 Å². The number of nitrogen functional groups attached to an aromatic ring is 1. The van der Waals surface area contributed by atoms with Crippen LogP contribution in [0.15, 0.2) is 18.2 Å². The zero-order valence-corrected chi connectivity index (χ0v) is 11.7. The van der Waals surface area contributed by atoms with Crippen molar-refractivity contribution in [1.29, 1.82) is 0 Å². The Labute approximate surface area is 109 Å². The van der Waals surface area contributed by atoms with Gasteiger partial charge in [-0.15, -0.1) is 0 Å². The molecule has 0 aromatic heterocycles. The normalized spacial score (nSPS) is 10.2. The Morgan fingerprint density at radius 1 is 1.28 bits per heavy atom. The zero-order valence-electron chi connectivity index (χ0n) is 11.7. The topological polar surface area (TPSA) is 49.6 Å². The van der Waals surface area contributed by atoms with Crippen LogP contribution in [0.5, 0.6) is 0 Å². The quantitative estimate of drug-likeness (QED) is 0.811. The monoisotopic (exact) mass is 249 g/mol. The molecule has 2 N–H and O–H groups in total. The van der Waals surface area contributed by atoms with E-state index in [1.807, 2.05) is 55.8 Å². The highest BCUT2D eigenvalue weighted by Crippen LogP contribution is 2.23. The third-order valence-electron chi connectivity index (χ3n) is 3.25. The van der Waals surface area contributed by atoms with Crippen molar-refractivity contribution >= 4 is 17.3 Å². The number of hydrogen-bond acceptors (Lipinski definition) is 3. The molecular formula is C14H23N3O. The van der Waals surface area contributed by atoms with E-state index in [1.54, 1.807) is 0 Å². The highest BCUT2D eigenvalue weighted by Gasteiger charge is 2.14. The maximum absolute atomic E-state index is 12.0. The molecule has 0 heterocycles. The average Bonchev–Trinajstić information content (AvgIpc) is 2.34. The number of carbonyl (C=O) groups is 1. The van der Waals surface area contributed by atoms with Crippen molar-refractivity contribution in [2.75, 3.05) is 37.3 Å². The fraction of sp³-hybridized carbons (Fsp3) is 0.500. The number of hydrogen-bond donors (Lipinski definition) is 1. The molecule has 0 bridgehead atoms. The molecule has 1 amide bonds. The van der Waals surface area contributed by atoms with E-state index in [0.29, 0.717) is 6.54 Å². The molecule has 18 heavy (non-hydrogen) atoms. The van der Waals surface area contributed by atoms with Gasteiger partial charge in [-0.1, -0.05) is 6.07 Å². The number of amides is 1. The maximum Gasteiger partial charge on any atom is 0.242 e. The van der Waals surface area contributed by atoms with Gasteiger partial charge >= 0.3 is 0 Å². The predicted molar refractivity (Wildman–Crippen MR) is 76.8 cm³/mol. The summed E-state index contributed by atoms with van der Waals surface area (Å²) in [5.41, 5.74) is 8.67. The third-order valence-corrected chi connectivity index (χ3v) is 3.25. The largest absolute Gasteiger partial charge is 0.398 e. The Morgan fingerprint density at radius 3 is 2.44 bits per heavy atom. The number of anilines is 2. The molecule has 0 saturated carbocycles. The second kappa shape index (κ2) is 6.28. The van der Waals surface area contributed by atoms with Crippen LogP contribution in [0.4, 0.5) is 11.4 Å². The lowest BCUT2D eigenvalue weighted by Gasteiger charge is -2.25. The molecule has 0 atom stereocenters. The van der Waals surface area contributed by atoms with Crippen LogP contribution < -0.4 is 10.6 Å². The van der Waals surface area contributed by atoms with Gasteiger partial charge in [-0.25, -0.2) is 0 Å². The van der Waals surface area contributed by atoms with E-state index in [1.165, 1.54) is 0 Å². The molecule has 4 heteroatoms. The van der Waals surface area contributed by atoms with Gasteiger partial charge in [0.1, 0.15) is 0 Å². The lowest BCUT2D eigenvalue weighted by Crippen LogP contribution is -2.39. The van der Waals surface area contributed by atoms with Crippen molar-refractivity contribution in [3.05, 3.63) is 23.8 Å². The summed E-state index contributed by atoms with van der Waals surface area (Å²) in [6, 6.07) is 5.77. The summed E-state index contributed by atoms with van der Waals surface area (Å²) in [6.45, 7) is 7.84. The number of nitrogens with zero attached hydrogens (tertiary/aromatic N) is 2. The van der Waals surface area contributed by atoms with Crippen molar-refractivity contribution < 1.29 is 4.79 Å². The van der Waals surface area contributed by atoms with E-state index >= 15 is 0 Å². The molecule has 0 unspecified atom stereocenters. The van der Waals surface area contributed by atoms with E-state index in [-0.39, 0.29) is 5.91 Å². The molecule has 0 aliphatic rings. The molecule has 0 aliphatic carbocycles. The van der Waals surface area contributed by atoms with Gasteiger partial charge in [0, 0.05) is 31.5 Å². The maximum atomic E-state index is 12.0. The Balaban J connectivity index is 2.79. The van der Waals surface area contributed by atoms with E-state index < -0.39 is 0 Å². The first-order valence-electron chi connectivity index (χ1n) is 6.35. The SMILES string of the molecule is CCN(CC)C(=O)CN(C)c1cccc(N)c1C. The fourth-order valence-electron chi connectivity index (χ4n) is 2.02. The van der Waals surface area contributed by atoms with Crippen LogP contribution >= 0.6 is 0 Å². The van der Waals surface area contributed by atoms with Gasteiger partial charge in [0.2, 0.25) is 5.91 Å². The highest BCUT2D eigenvalue weighted by molar-refractivity contribution is 5.82. The first-order chi connectivity index (χ1) is 8.51. The molecular weight excluding hydrogens is 226 g/mol. The van der Waals surface area contributed by atoms with Crippen LogP contribution in [-0.4, -0.2) is 37.5 Å². The lowest BCUT2D eigenvalue weighted by atomic mass is 10.1. The number of benzene rings is 1. The van der Waals surface area contributed by atoms with Crippen LogP contribution in [-0.2, 0) is 4.79 Å².